The summed E-state index contributed by atoms with van der Waals surface area (Å²) in [7, 11) is 0. The number of esters is 3. The lowest BCUT2D eigenvalue weighted by Crippen LogP contribution is -2.30. The molecule has 0 aliphatic rings. The van der Waals surface area contributed by atoms with Crippen LogP contribution >= 0.6 is 0 Å². The zero-order valence-corrected chi connectivity index (χ0v) is 53.0. The Balaban J connectivity index is 4.36. The van der Waals surface area contributed by atoms with Crippen LogP contribution in [0.3, 0.4) is 0 Å². The molecule has 0 saturated carbocycles. The molecule has 1 unspecified atom stereocenters. The third-order valence-electron chi connectivity index (χ3n) is 14.4. The Bertz CT molecular complexity index is 1670. The van der Waals surface area contributed by atoms with E-state index in [0.717, 1.165) is 128 Å². The second-order valence-corrected chi connectivity index (χ2v) is 22.3. The standard InChI is InChI=1S/C75H126O6/c1-4-7-10-13-16-19-22-25-27-29-31-33-35-36-37-38-40-41-43-45-47-50-53-56-59-62-65-68-74(77)80-71-72(70-79-73(76)67-64-61-58-55-52-49-24-21-18-15-12-9-6-3)81-75(78)69-66-63-60-57-54-51-48-46-44-42-39-34-32-30-28-26-23-20-17-14-11-8-5-2/h7,10,16,19,21,23-27,30-33,36-37,39-42,72H,4-6,8-9,11-15,17-18,20,22,28-29,34-35,38,43-71H2,1-3H3/b10-7-,19-16-,24-21-,26-23-,27-25-,32-30-,33-31-,37-36-,41-40-,42-39-. The van der Waals surface area contributed by atoms with Gasteiger partial charge in [-0.1, -0.05) is 284 Å². The van der Waals surface area contributed by atoms with Gasteiger partial charge in [0, 0.05) is 19.3 Å². The van der Waals surface area contributed by atoms with Gasteiger partial charge in [0.25, 0.3) is 0 Å². The fourth-order valence-corrected chi connectivity index (χ4v) is 9.33. The van der Waals surface area contributed by atoms with Gasteiger partial charge >= 0.3 is 17.9 Å². The van der Waals surface area contributed by atoms with E-state index < -0.39 is 6.10 Å². The fraction of sp³-hybridized carbons (Fsp3) is 0.693. The largest absolute Gasteiger partial charge is 0.462 e. The smallest absolute Gasteiger partial charge is 0.306 e. The molecule has 0 aromatic carbocycles. The first-order chi connectivity index (χ1) is 40.0. The van der Waals surface area contributed by atoms with Crippen molar-refractivity contribution in [3.63, 3.8) is 0 Å². The highest BCUT2D eigenvalue weighted by molar-refractivity contribution is 5.71. The number of carbonyl (C=O) groups excluding carboxylic acids is 3. The predicted octanol–water partition coefficient (Wildman–Crippen LogP) is 23.6. The molecule has 1 atom stereocenters. The number of rotatable bonds is 61. The minimum absolute atomic E-state index is 0.0892. The molecule has 0 N–H and O–H groups in total. The van der Waals surface area contributed by atoms with E-state index in [2.05, 4.69) is 142 Å². The van der Waals surface area contributed by atoms with Crippen LogP contribution in [0.2, 0.25) is 0 Å². The van der Waals surface area contributed by atoms with Crippen LogP contribution in [0.1, 0.15) is 316 Å². The highest BCUT2D eigenvalue weighted by Gasteiger charge is 2.19. The molecule has 0 rings (SSSR count). The first kappa shape index (κ1) is 76.8. The highest BCUT2D eigenvalue weighted by atomic mass is 16.6. The van der Waals surface area contributed by atoms with Gasteiger partial charge in [0.15, 0.2) is 6.10 Å². The van der Waals surface area contributed by atoms with Crippen LogP contribution < -0.4 is 0 Å². The van der Waals surface area contributed by atoms with E-state index in [4.69, 9.17) is 14.2 Å². The molecule has 0 amide bonds. The summed E-state index contributed by atoms with van der Waals surface area (Å²) in [6.45, 7) is 6.50. The van der Waals surface area contributed by atoms with Crippen LogP contribution in [-0.4, -0.2) is 37.2 Å². The molecule has 0 fully saturated rings. The Labute approximate surface area is 501 Å². The molecule has 0 bridgehead atoms. The van der Waals surface area contributed by atoms with Crippen LogP contribution in [0.4, 0.5) is 0 Å². The third kappa shape index (κ3) is 66.5. The molecule has 0 saturated heterocycles. The monoisotopic (exact) mass is 1120 g/mol. The summed E-state index contributed by atoms with van der Waals surface area (Å²) in [6, 6.07) is 0. The van der Waals surface area contributed by atoms with Crippen molar-refractivity contribution in [1.29, 1.82) is 0 Å². The van der Waals surface area contributed by atoms with Crippen LogP contribution in [0, 0.1) is 0 Å². The quantitative estimate of drug-likeness (QED) is 0.0261. The van der Waals surface area contributed by atoms with Crippen molar-refractivity contribution in [1.82, 2.24) is 0 Å². The summed E-state index contributed by atoms with van der Waals surface area (Å²) in [5, 5.41) is 0. The van der Waals surface area contributed by atoms with Crippen molar-refractivity contribution >= 4 is 17.9 Å². The van der Waals surface area contributed by atoms with Gasteiger partial charge in [-0.3, -0.25) is 14.4 Å². The van der Waals surface area contributed by atoms with Gasteiger partial charge in [-0.25, -0.2) is 0 Å². The van der Waals surface area contributed by atoms with Crippen molar-refractivity contribution in [2.24, 2.45) is 0 Å². The Morgan fingerprint density at radius 1 is 0.259 bits per heavy atom. The summed E-state index contributed by atoms with van der Waals surface area (Å²) in [6.07, 6.45) is 94.9. The van der Waals surface area contributed by atoms with Crippen LogP contribution in [0.15, 0.2) is 122 Å². The number of hydrogen-bond acceptors (Lipinski definition) is 6. The van der Waals surface area contributed by atoms with Crippen LogP contribution in [-0.2, 0) is 28.6 Å². The SMILES string of the molecule is CC/C=C\C/C=C\C/C=C\C/C=C\C/C=C\C/C=C\CCCCCCCCCCC(=O)OCC(COC(=O)CCCCCCC/C=C\CCCCCC)OC(=O)CCCCCCCCCC/C=C\C/C=C\C/C=C\CCCCCCC. The zero-order chi connectivity index (χ0) is 58.5. The van der Waals surface area contributed by atoms with Crippen LogP contribution in [0.5, 0.6) is 0 Å². The van der Waals surface area contributed by atoms with Gasteiger partial charge in [-0.2, -0.15) is 0 Å². The molecular formula is C75H126O6. The van der Waals surface area contributed by atoms with Gasteiger partial charge < -0.3 is 14.2 Å². The maximum atomic E-state index is 12.9. The van der Waals surface area contributed by atoms with E-state index in [0.29, 0.717) is 19.3 Å². The van der Waals surface area contributed by atoms with Crippen molar-refractivity contribution in [2.75, 3.05) is 13.2 Å². The number of unbranched alkanes of at least 4 members (excludes halogenated alkanes) is 30. The van der Waals surface area contributed by atoms with E-state index in [-0.39, 0.29) is 31.1 Å². The molecule has 81 heavy (non-hydrogen) atoms. The lowest BCUT2D eigenvalue weighted by atomic mass is 10.1. The number of ether oxygens (including phenoxy) is 3. The maximum Gasteiger partial charge on any atom is 0.306 e. The van der Waals surface area contributed by atoms with E-state index in [1.54, 1.807) is 0 Å². The number of allylic oxidation sites excluding steroid dienone is 20. The van der Waals surface area contributed by atoms with Gasteiger partial charge in [-0.15, -0.1) is 0 Å². The first-order valence-corrected chi connectivity index (χ1v) is 34.0. The Morgan fingerprint density at radius 3 is 0.778 bits per heavy atom. The molecule has 0 heterocycles. The third-order valence-corrected chi connectivity index (χ3v) is 14.4. The Morgan fingerprint density at radius 2 is 0.481 bits per heavy atom. The molecule has 0 spiro atoms. The van der Waals surface area contributed by atoms with Crippen molar-refractivity contribution in [3.8, 4) is 0 Å². The topological polar surface area (TPSA) is 78.9 Å². The van der Waals surface area contributed by atoms with E-state index in [1.165, 1.54) is 148 Å². The Kier molecular flexibility index (Phi) is 64.8. The fourth-order valence-electron chi connectivity index (χ4n) is 9.33. The lowest BCUT2D eigenvalue weighted by molar-refractivity contribution is -0.167. The lowest BCUT2D eigenvalue weighted by Gasteiger charge is -2.18. The van der Waals surface area contributed by atoms with E-state index in [1.807, 2.05) is 0 Å². The molecule has 0 aromatic heterocycles. The number of carbonyl (C=O) groups is 3. The molecule has 6 nitrogen and oxygen atoms in total. The maximum absolute atomic E-state index is 12.9. The minimum atomic E-state index is -0.794. The summed E-state index contributed by atoms with van der Waals surface area (Å²) < 4.78 is 16.9. The van der Waals surface area contributed by atoms with Crippen molar-refractivity contribution in [3.05, 3.63) is 122 Å². The summed E-state index contributed by atoms with van der Waals surface area (Å²) in [5.41, 5.74) is 0. The van der Waals surface area contributed by atoms with E-state index >= 15 is 0 Å². The Hall–Kier alpha value is -4.19. The van der Waals surface area contributed by atoms with Gasteiger partial charge in [0.05, 0.1) is 0 Å². The molecule has 0 aliphatic heterocycles. The van der Waals surface area contributed by atoms with Gasteiger partial charge in [0.1, 0.15) is 13.2 Å². The minimum Gasteiger partial charge on any atom is -0.462 e. The average molecular weight is 1120 g/mol. The second kappa shape index (κ2) is 68.3. The second-order valence-electron chi connectivity index (χ2n) is 22.3. The molecule has 462 valence electrons. The molecule has 0 aliphatic carbocycles. The first-order valence-electron chi connectivity index (χ1n) is 34.0. The van der Waals surface area contributed by atoms with Crippen LogP contribution in [0.25, 0.3) is 0 Å². The average Bonchev–Trinajstić information content (AvgIpc) is 3.46. The summed E-state index contributed by atoms with van der Waals surface area (Å²) in [4.78, 5) is 38.4. The molecule has 6 heteroatoms. The van der Waals surface area contributed by atoms with E-state index in [9.17, 15) is 14.4 Å². The normalized spacial score (nSPS) is 12.9. The molecular weight excluding hydrogens is 997 g/mol. The van der Waals surface area contributed by atoms with Gasteiger partial charge in [-0.05, 0) is 135 Å². The number of hydrogen-bond donors (Lipinski definition) is 0. The summed E-state index contributed by atoms with van der Waals surface area (Å²) in [5.74, 6) is -0.906. The molecule has 0 aromatic rings. The summed E-state index contributed by atoms with van der Waals surface area (Å²) >= 11 is 0. The highest BCUT2D eigenvalue weighted by Crippen LogP contribution is 2.16. The molecule has 0 radical (unpaired) electrons. The van der Waals surface area contributed by atoms with Crippen molar-refractivity contribution in [2.45, 2.75) is 322 Å². The zero-order valence-electron chi connectivity index (χ0n) is 53.0. The predicted molar refractivity (Wildman–Crippen MR) is 353 cm³/mol. The van der Waals surface area contributed by atoms with Gasteiger partial charge in [0.2, 0.25) is 0 Å². The van der Waals surface area contributed by atoms with Crippen molar-refractivity contribution < 1.29 is 28.6 Å².